The van der Waals surface area contributed by atoms with Crippen LogP contribution in [0, 0.1) is 5.92 Å². The number of likely N-dealkylation sites (tertiary alicyclic amines) is 1. The number of nitrogens with zero attached hydrogens (tertiary/aromatic N) is 3. The standard InChI is InChI=1S/C21H27N3O4/c25-19(23-11-8-17(9-12-23)21-27-14-15-28-21)6-7-20(26)24-13-10-18(22-24)16-4-2-1-3-5-16/h1-5,17,21H,6-15H2. The topological polar surface area (TPSA) is 71.4 Å². The first-order valence-electron chi connectivity index (χ1n) is 10.1. The van der Waals surface area contributed by atoms with E-state index in [1.807, 2.05) is 35.2 Å². The first kappa shape index (κ1) is 19.1. The summed E-state index contributed by atoms with van der Waals surface area (Å²) in [6.45, 7) is 3.33. The third kappa shape index (κ3) is 4.42. The highest BCUT2D eigenvalue weighted by Gasteiger charge is 2.32. The van der Waals surface area contributed by atoms with E-state index < -0.39 is 0 Å². The van der Waals surface area contributed by atoms with Crippen LogP contribution in [0.4, 0.5) is 0 Å². The monoisotopic (exact) mass is 385 g/mol. The van der Waals surface area contributed by atoms with Crippen LogP contribution in [0.25, 0.3) is 0 Å². The van der Waals surface area contributed by atoms with Crippen molar-refractivity contribution in [3.05, 3.63) is 35.9 Å². The quantitative estimate of drug-likeness (QED) is 0.777. The van der Waals surface area contributed by atoms with Gasteiger partial charge < -0.3 is 14.4 Å². The van der Waals surface area contributed by atoms with E-state index in [1.165, 1.54) is 5.01 Å². The van der Waals surface area contributed by atoms with Gasteiger partial charge in [0.05, 0.1) is 25.5 Å². The van der Waals surface area contributed by atoms with Crippen LogP contribution in [0.3, 0.4) is 0 Å². The molecular formula is C21H27N3O4. The molecule has 0 spiro atoms. The van der Waals surface area contributed by atoms with Gasteiger partial charge in [0.25, 0.3) is 0 Å². The Morgan fingerprint density at radius 3 is 2.36 bits per heavy atom. The van der Waals surface area contributed by atoms with Crippen molar-refractivity contribution in [1.82, 2.24) is 9.91 Å². The van der Waals surface area contributed by atoms with E-state index >= 15 is 0 Å². The molecule has 7 heteroatoms. The van der Waals surface area contributed by atoms with Crippen molar-refractivity contribution < 1.29 is 19.1 Å². The number of hydrazone groups is 1. The molecule has 0 N–H and O–H groups in total. The second kappa shape index (κ2) is 8.84. The number of ether oxygens (including phenoxy) is 2. The Bertz CT molecular complexity index is 722. The van der Waals surface area contributed by atoms with Gasteiger partial charge in [-0.15, -0.1) is 0 Å². The molecule has 0 bridgehead atoms. The molecule has 4 rings (SSSR count). The highest BCUT2D eigenvalue weighted by Crippen LogP contribution is 2.26. The van der Waals surface area contributed by atoms with Crippen LogP contribution in [0.2, 0.25) is 0 Å². The van der Waals surface area contributed by atoms with Gasteiger partial charge in [0.15, 0.2) is 6.29 Å². The van der Waals surface area contributed by atoms with Crippen molar-refractivity contribution in [2.45, 2.75) is 38.4 Å². The van der Waals surface area contributed by atoms with Crippen LogP contribution in [0.5, 0.6) is 0 Å². The molecule has 150 valence electrons. The van der Waals surface area contributed by atoms with Gasteiger partial charge in [-0.1, -0.05) is 30.3 Å². The van der Waals surface area contributed by atoms with E-state index in [-0.39, 0.29) is 30.9 Å². The minimum Gasteiger partial charge on any atom is -0.350 e. The summed E-state index contributed by atoms with van der Waals surface area (Å²) in [7, 11) is 0. The normalized spacial score (nSPS) is 21.2. The van der Waals surface area contributed by atoms with Crippen LogP contribution < -0.4 is 0 Å². The fourth-order valence-electron chi connectivity index (χ4n) is 4.04. The van der Waals surface area contributed by atoms with Crippen LogP contribution in [0.1, 0.15) is 37.7 Å². The largest absolute Gasteiger partial charge is 0.350 e. The van der Waals surface area contributed by atoms with Crippen LogP contribution in [-0.2, 0) is 19.1 Å². The van der Waals surface area contributed by atoms with Gasteiger partial charge in [-0.05, 0) is 18.4 Å². The van der Waals surface area contributed by atoms with Gasteiger partial charge >= 0.3 is 0 Å². The zero-order chi connectivity index (χ0) is 19.3. The van der Waals surface area contributed by atoms with Crippen LogP contribution >= 0.6 is 0 Å². The lowest BCUT2D eigenvalue weighted by Gasteiger charge is -2.34. The fraction of sp³-hybridized carbons (Fsp3) is 0.571. The molecule has 1 aromatic carbocycles. The number of rotatable bonds is 5. The Balaban J connectivity index is 1.22. The molecule has 28 heavy (non-hydrogen) atoms. The molecular weight excluding hydrogens is 358 g/mol. The number of amides is 2. The molecule has 7 nitrogen and oxygen atoms in total. The summed E-state index contributed by atoms with van der Waals surface area (Å²) in [5.74, 6) is 0.331. The van der Waals surface area contributed by atoms with Gasteiger partial charge in [0, 0.05) is 38.3 Å². The summed E-state index contributed by atoms with van der Waals surface area (Å²) < 4.78 is 11.2. The molecule has 0 saturated carbocycles. The second-order valence-electron chi connectivity index (χ2n) is 7.51. The third-order valence-electron chi connectivity index (χ3n) is 5.67. The second-order valence-corrected chi connectivity index (χ2v) is 7.51. The molecule has 3 aliphatic rings. The summed E-state index contributed by atoms with van der Waals surface area (Å²) in [4.78, 5) is 26.8. The first-order valence-corrected chi connectivity index (χ1v) is 10.1. The van der Waals surface area contributed by atoms with Crippen molar-refractivity contribution >= 4 is 17.5 Å². The predicted molar refractivity (Wildman–Crippen MR) is 104 cm³/mol. The van der Waals surface area contributed by atoms with Gasteiger partial charge in [0.1, 0.15) is 0 Å². The minimum absolute atomic E-state index is 0.0477. The van der Waals surface area contributed by atoms with E-state index in [0.717, 1.165) is 30.5 Å². The van der Waals surface area contributed by atoms with E-state index in [1.54, 1.807) is 0 Å². The minimum atomic E-state index is -0.106. The molecule has 2 amide bonds. The smallest absolute Gasteiger partial charge is 0.243 e. The van der Waals surface area contributed by atoms with Crippen LogP contribution in [0.15, 0.2) is 35.4 Å². The molecule has 0 atom stereocenters. The molecule has 0 radical (unpaired) electrons. The Hall–Kier alpha value is -2.25. The molecule has 3 aliphatic heterocycles. The highest BCUT2D eigenvalue weighted by molar-refractivity contribution is 6.02. The van der Waals surface area contributed by atoms with E-state index in [2.05, 4.69) is 5.10 Å². The van der Waals surface area contributed by atoms with Gasteiger partial charge in [0.2, 0.25) is 11.8 Å². The average Bonchev–Trinajstić information content (AvgIpc) is 3.45. The lowest BCUT2D eigenvalue weighted by atomic mass is 9.96. The van der Waals surface area contributed by atoms with E-state index in [9.17, 15) is 9.59 Å². The van der Waals surface area contributed by atoms with Gasteiger partial charge in [-0.3, -0.25) is 9.59 Å². The van der Waals surface area contributed by atoms with E-state index in [4.69, 9.17) is 9.47 Å². The third-order valence-corrected chi connectivity index (χ3v) is 5.67. The van der Waals surface area contributed by atoms with Crippen molar-refractivity contribution in [3.8, 4) is 0 Å². The van der Waals surface area contributed by atoms with Crippen molar-refractivity contribution in [1.29, 1.82) is 0 Å². The Morgan fingerprint density at radius 1 is 0.964 bits per heavy atom. The number of hydrogen-bond donors (Lipinski definition) is 0. The average molecular weight is 385 g/mol. The van der Waals surface area contributed by atoms with Gasteiger partial charge in [-0.2, -0.15) is 5.10 Å². The molecule has 0 unspecified atom stereocenters. The summed E-state index contributed by atoms with van der Waals surface area (Å²) >= 11 is 0. The summed E-state index contributed by atoms with van der Waals surface area (Å²) in [6.07, 6.45) is 2.88. The SMILES string of the molecule is O=C(CCC(=O)N1CCC(c2ccccc2)=N1)N1CCC(C2OCCO2)CC1. The highest BCUT2D eigenvalue weighted by atomic mass is 16.7. The molecule has 2 saturated heterocycles. The summed E-state index contributed by atoms with van der Waals surface area (Å²) in [6, 6.07) is 9.90. The number of carbonyl (C=O) groups excluding carboxylic acids is 2. The first-order chi connectivity index (χ1) is 13.7. The maximum Gasteiger partial charge on any atom is 0.243 e. The zero-order valence-electron chi connectivity index (χ0n) is 16.1. The van der Waals surface area contributed by atoms with Crippen molar-refractivity contribution in [2.24, 2.45) is 11.0 Å². The number of hydrogen-bond acceptors (Lipinski definition) is 5. The molecule has 0 aromatic heterocycles. The van der Waals surface area contributed by atoms with E-state index in [0.29, 0.717) is 38.8 Å². The molecule has 3 heterocycles. The Morgan fingerprint density at radius 2 is 1.64 bits per heavy atom. The van der Waals surface area contributed by atoms with Crippen molar-refractivity contribution in [3.63, 3.8) is 0 Å². The number of benzene rings is 1. The summed E-state index contributed by atoms with van der Waals surface area (Å²) in [5.41, 5.74) is 1.98. The number of carbonyl (C=O) groups is 2. The lowest BCUT2D eigenvalue weighted by molar-refractivity contribution is -0.140. The molecule has 1 aromatic rings. The Labute approximate surface area is 165 Å². The molecule has 0 aliphatic carbocycles. The van der Waals surface area contributed by atoms with Gasteiger partial charge in [-0.25, -0.2) is 5.01 Å². The maximum absolute atomic E-state index is 12.5. The Kier molecular flexibility index (Phi) is 6.02. The lowest BCUT2D eigenvalue weighted by Crippen LogP contribution is -2.41. The maximum atomic E-state index is 12.5. The molecule has 2 fully saturated rings. The fourth-order valence-corrected chi connectivity index (χ4v) is 4.04. The number of piperidine rings is 1. The van der Waals surface area contributed by atoms with Crippen LogP contribution in [-0.4, -0.2) is 66.6 Å². The zero-order valence-corrected chi connectivity index (χ0v) is 16.1. The predicted octanol–water partition coefficient (Wildman–Crippen LogP) is 2.01. The van der Waals surface area contributed by atoms with Crippen molar-refractivity contribution in [2.75, 3.05) is 32.8 Å². The summed E-state index contributed by atoms with van der Waals surface area (Å²) in [5, 5.41) is 5.96.